The van der Waals surface area contributed by atoms with E-state index >= 15 is 0 Å². The summed E-state index contributed by atoms with van der Waals surface area (Å²) in [5.74, 6) is -0.424. The van der Waals surface area contributed by atoms with Gasteiger partial charge >= 0.3 is 0 Å². The summed E-state index contributed by atoms with van der Waals surface area (Å²) in [5, 5.41) is 19.7. The Kier molecular flexibility index (Phi) is 3.87. The minimum absolute atomic E-state index is 0.0218. The van der Waals surface area contributed by atoms with Gasteiger partial charge in [-0.2, -0.15) is 5.26 Å². The van der Waals surface area contributed by atoms with Crippen molar-refractivity contribution < 1.29 is 9.31 Å². The molecular formula is C15H9FN2O2. The van der Waals surface area contributed by atoms with Gasteiger partial charge in [-0.3, -0.25) is 10.1 Å². The lowest BCUT2D eigenvalue weighted by atomic mass is 10.0. The molecule has 2 rings (SSSR count). The molecule has 0 radical (unpaired) electrons. The van der Waals surface area contributed by atoms with Crippen LogP contribution in [0.4, 0.5) is 10.1 Å². The van der Waals surface area contributed by atoms with Crippen LogP contribution in [-0.4, -0.2) is 4.92 Å². The molecule has 0 aliphatic heterocycles. The van der Waals surface area contributed by atoms with Gasteiger partial charge in [0, 0.05) is 12.1 Å². The summed E-state index contributed by atoms with van der Waals surface area (Å²) < 4.78 is 13.1. The molecule has 0 amide bonds. The number of non-ortho nitro benzene ring substituents is 1. The number of hydrogen-bond donors (Lipinski definition) is 0. The quantitative estimate of drug-likeness (QED) is 0.368. The fraction of sp³-hybridized carbons (Fsp3) is 0. The predicted molar refractivity (Wildman–Crippen MR) is 73.0 cm³/mol. The maximum Gasteiger partial charge on any atom is 0.269 e. The van der Waals surface area contributed by atoms with E-state index in [0.29, 0.717) is 16.7 Å². The van der Waals surface area contributed by atoms with E-state index in [-0.39, 0.29) is 5.69 Å². The molecule has 0 aliphatic carbocycles. The molecule has 2 aromatic rings. The molecule has 0 fully saturated rings. The van der Waals surface area contributed by atoms with Crippen LogP contribution in [0.1, 0.15) is 11.1 Å². The van der Waals surface area contributed by atoms with E-state index in [1.165, 1.54) is 42.5 Å². The van der Waals surface area contributed by atoms with Crippen LogP contribution in [0, 0.1) is 27.3 Å². The number of halogens is 1. The first-order valence-corrected chi connectivity index (χ1v) is 5.72. The van der Waals surface area contributed by atoms with E-state index in [1.807, 2.05) is 6.07 Å². The molecule has 4 nitrogen and oxygen atoms in total. The Bertz CT molecular complexity index is 715. The Balaban J connectivity index is 2.37. The number of nitrogens with zero attached hydrogens (tertiary/aromatic N) is 2. The molecule has 0 N–H and O–H groups in total. The smallest absolute Gasteiger partial charge is 0.258 e. The summed E-state index contributed by atoms with van der Waals surface area (Å²) in [7, 11) is 0. The number of nitro groups is 1. The van der Waals surface area contributed by atoms with Gasteiger partial charge in [0.05, 0.1) is 16.6 Å². The third-order valence-corrected chi connectivity index (χ3v) is 2.67. The van der Waals surface area contributed by atoms with Gasteiger partial charge in [-0.05, 0) is 41.5 Å². The van der Waals surface area contributed by atoms with Crippen molar-refractivity contribution in [2.24, 2.45) is 0 Å². The molecule has 0 aliphatic rings. The van der Waals surface area contributed by atoms with Gasteiger partial charge in [-0.15, -0.1) is 0 Å². The molecule has 0 unspecified atom stereocenters. The van der Waals surface area contributed by atoms with Gasteiger partial charge in [0.1, 0.15) is 5.82 Å². The number of nitro benzene ring substituents is 1. The van der Waals surface area contributed by atoms with E-state index in [4.69, 9.17) is 5.26 Å². The van der Waals surface area contributed by atoms with Crippen LogP contribution < -0.4 is 0 Å². The standard InChI is InChI=1S/C15H9FN2O2/c16-14-3-1-2-12(9-14)13(10-17)8-11-4-6-15(7-5-11)18(19)20/h1-9H. The Morgan fingerprint density at radius 1 is 1.25 bits per heavy atom. The van der Waals surface area contributed by atoms with E-state index in [9.17, 15) is 14.5 Å². The van der Waals surface area contributed by atoms with E-state index in [2.05, 4.69) is 0 Å². The molecule has 5 heteroatoms. The molecule has 0 spiro atoms. The average molecular weight is 268 g/mol. The number of allylic oxidation sites excluding steroid dienone is 1. The predicted octanol–water partition coefficient (Wildman–Crippen LogP) is 3.80. The number of benzene rings is 2. The Hall–Kier alpha value is -3.00. The molecule has 0 saturated heterocycles. The third kappa shape index (κ3) is 3.06. The number of nitriles is 1. The van der Waals surface area contributed by atoms with Gasteiger partial charge in [-0.25, -0.2) is 4.39 Å². The zero-order valence-corrected chi connectivity index (χ0v) is 10.3. The minimum Gasteiger partial charge on any atom is -0.258 e. The highest BCUT2D eigenvalue weighted by Crippen LogP contribution is 2.20. The highest BCUT2D eigenvalue weighted by atomic mass is 19.1. The van der Waals surface area contributed by atoms with Gasteiger partial charge in [0.2, 0.25) is 0 Å². The van der Waals surface area contributed by atoms with Crippen LogP contribution in [0.2, 0.25) is 0 Å². The molecule has 0 atom stereocenters. The first-order valence-electron chi connectivity index (χ1n) is 5.72. The van der Waals surface area contributed by atoms with Crippen molar-refractivity contribution in [1.82, 2.24) is 0 Å². The summed E-state index contributed by atoms with van der Waals surface area (Å²) >= 11 is 0. The first-order chi connectivity index (χ1) is 9.60. The summed E-state index contributed by atoms with van der Waals surface area (Å²) in [6, 6.07) is 13.5. The molecule has 0 bridgehead atoms. The second kappa shape index (κ2) is 5.76. The fourth-order valence-corrected chi connectivity index (χ4v) is 1.70. The third-order valence-electron chi connectivity index (χ3n) is 2.67. The lowest BCUT2D eigenvalue weighted by Crippen LogP contribution is -1.87. The van der Waals surface area contributed by atoms with Crippen molar-refractivity contribution in [3.63, 3.8) is 0 Å². The van der Waals surface area contributed by atoms with Crippen molar-refractivity contribution in [2.75, 3.05) is 0 Å². The zero-order chi connectivity index (χ0) is 14.5. The zero-order valence-electron chi connectivity index (χ0n) is 10.3. The lowest BCUT2D eigenvalue weighted by molar-refractivity contribution is -0.384. The molecule has 2 aromatic carbocycles. The largest absolute Gasteiger partial charge is 0.269 e. The maximum atomic E-state index is 13.1. The van der Waals surface area contributed by atoms with Gasteiger partial charge in [0.25, 0.3) is 5.69 Å². The van der Waals surface area contributed by atoms with Crippen molar-refractivity contribution in [1.29, 1.82) is 5.26 Å². The van der Waals surface area contributed by atoms with Crippen LogP contribution in [0.25, 0.3) is 11.6 Å². The Morgan fingerprint density at radius 2 is 1.95 bits per heavy atom. The van der Waals surface area contributed by atoms with E-state index in [1.54, 1.807) is 12.1 Å². The van der Waals surface area contributed by atoms with E-state index < -0.39 is 10.7 Å². The summed E-state index contributed by atoms with van der Waals surface area (Å²) in [6.45, 7) is 0. The van der Waals surface area contributed by atoms with Crippen LogP contribution in [0.3, 0.4) is 0 Å². The monoisotopic (exact) mass is 268 g/mol. The fourth-order valence-electron chi connectivity index (χ4n) is 1.70. The summed E-state index contributed by atoms with van der Waals surface area (Å²) in [4.78, 5) is 10.1. The Labute approximate surface area is 114 Å². The number of hydrogen-bond acceptors (Lipinski definition) is 3. The SMILES string of the molecule is N#CC(=Cc1ccc([N+](=O)[O-])cc1)c1cccc(F)c1. The van der Waals surface area contributed by atoms with Crippen molar-refractivity contribution in [2.45, 2.75) is 0 Å². The highest BCUT2D eigenvalue weighted by Gasteiger charge is 2.05. The molecule has 0 saturated carbocycles. The minimum atomic E-state index is -0.495. The van der Waals surface area contributed by atoms with Crippen LogP contribution in [0.15, 0.2) is 48.5 Å². The summed E-state index contributed by atoms with van der Waals surface area (Å²) in [6.07, 6.45) is 1.55. The molecule has 0 heterocycles. The van der Waals surface area contributed by atoms with Crippen LogP contribution >= 0.6 is 0 Å². The summed E-state index contributed by atoms with van der Waals surface area (Å²) in [5.41, 5.74) is 1.37. The Morgan fingerprint density at radius 3 is 2.50 bits per heavy atom. The molecular weight excluding hydrogens is 259 g/mol. The van der Waals surface area contributed by atoms with Crippen LogP contribution in [-0.2, 0) is 0 Å². The van der Waals surface area contributed by atoms with Crippen molar-refractivity contribution in [3.8, 4) is 6.07 Å². The van der Waals surface area contributed by atoms with Crippen LogP contribution in [0.5, 0.6) is 0 Å². The topological polar surface area (TPSA) is 66.9 Å². The van der Waals surface area contributed by atoms with Crippen molar-refractivity contribution >= 4 is 17.3 Å². The van der Waals surface area contributed by atoms with E-state index in [0.717, 1.165) is 0 Å². The van der Waals surface area contributed by atoms with Gasteiger partial charge in [0.15, 0.2) is 0 Å². The van der Waals surface area contributed by atoms with Gasteiger partial charge in [-0.1, -0.05) is 12.1 Å². The molecule has 20 heavy (non-hydrogen) atoms. The second-order valence-corrected chi connectivity index (χ2v) is 4.03. The van der Waals surface area contributed by atoms with Crippen molar-refractivity contribution in [3.05, 3.63) is 75.6 Å². The normalized spacial score (nSPS) is 10.9. The van der Waals surface area contributed by atoms with Gasteiger partial charge < -0.3 is 0 Å². The lowest BCUT2D eigenvalue weighted by Gasteiger charge is -2.00. The maximum absolute atomic E-state index is 13.1. The average Bonchev–Trinajstić information content (AvgIpc) is 2.45. The number of rotatable bonds is 3. The highest BCUT2D eigenvalue weighted by molar-refractivity contribution is 5.89. The molecule has 0 aromatic heterocycles. The molecule has 98 valence electrons. The second-order valence-electron chi connectivity index (χ2n) is 4.03. The first kappa shape index (κ1) is 13.4.